The van der Waals surface area contributed by atoms with Gasteiger partial charge in [-0.1, -0.05) is 35.3 Å². The number of halogens is 2. The van der Waals surface area contributed by atoms with Gasteiger partial charge in [0, 0.05) is 15.1 Å². The summed E-state index contributed by atoms with van der Waals surface area (Å²) in [5.74, 6) is -0.272. The van der Waals surface area contributed by atoms with Gasteiger partial charge >= 0.3 is 0 Å². The van der Waals surface area contributed by atoms with Crippen molar-refractivity contribution in [1.29, 1.82) is 0 Å². The van der Waals surface area contributed by atoms with Gasteiger partial charge in [0.2, 0.25) is 0 Å². The van der Waals surface area contributed by atoms with Crippen LogP contribution in [0.1, 0.15) is 20.8 Å². The lowest BCUT2D eigenvalue weighted by molar-refractivity contribution is 0.103. The van der Waals surface area contributed by atoms with Crippen molar-refractivity contribution >= 4 is 61.9 Å². The van der Waals surface area contributed by atoms with Crippen LogP contribution in [0.2, 0.25) is 10.0 Å². The first-order valence-corrected chi connectivity index (χ1v) is 8.49. The summed E-state index contributed by atoms with van der Waals surface area (Å²) in [5, 5.41) is 4.73. The number of anilines is 2. The monoisotopic (exact) mass is 364 g/mol. The zero-order valence-corrected chi connectivity index (χ0v) is 14.9. The molecule has 0 radical (unpaired) electrons. The summed E-state index contributed by atoms with van der Waals surface area (Å²) in [4.78, 5) is 13.1. The molecule has 6 heteroatoms. The topological polar surface area (TPSA) is 55.1 Å². The number of amides is 1. The van der Waals surface area contributed by atoms with Gasteiger partial charge < -0.3 is 11.1 Å². The van der Waals surface area contributed by atoms with E-state index in [0.717, 1.165) is 21.2 Å². The summed E-state index contributed by atoms with van der Waals surface area (Å²) in [6.45, 7) is 3.87. The van der Waals surface area contributed by atoms with Crippen LogP contribution >= 0.6 is 34.5 Å². The Balaban J connectivity index is 2.00. The van der Waals surface area contributed by atoms with Crippen LogP contribution in [0, 0.1) is 13.8 Å². The Morgan fingerprint density at radius 1 is 1.17 bits per heavy atom. The molecule has 3 aromatic rings. The smallest absolute Gasteiger partial charge is 0.267 e. The van der Waals surface area contributed by atoms with E-state index in [-0.39, 0.29) is 5.91 Å². The Morgan fingerprint density at radius 3 is 2.61 bits per heavy atom. The number of thiophene rings is 1. The molecule has 118 valence electrons. The van der Waals surface area contributed by atoms with E-state index < -0.39 is 0 Å². The van der Waals surface area contributed by atoms with Crippen LogP contribution in [0.15, 0.2) is 30.3 Å². The number of benzene rings is 2. The molecular formula is C17H14Cl2N2OS. The predicted molar refractivity (Wildman–Crippen MR) is 100 cm³/mol. The third-order valence-corrected chi connectivity index (χ3v) is 5.44. The minimum Gasteiger partial charge on any atom is -0.397 e. The number of nitrogens with two attached hydrogens (primary N) is 1. The van der Waals surface area contributed by atoms with E-state index in [1.165, 1.54) is 11.3 Å². The van der Waals surface area contributed by atoms with E-state index in [1.807, 2.05) is 32.0 Å². The number of carbonyl (C=O) groups excluding carboxylic acids is 1. The molecule has 3 rings (SSSR count). The van der Waals surface area contributed by atoms with E-state index in [2.05, 4.69) is 5.32 Å². The Labute approximate surface area is 148 Å². The highest BCUT2D eigenvalue weighted by Gasteiger charge is 2.19. The second-order valence-electron chi connectivity index (χ2n) is 5.39. The number of carbonyl (C=O) groups is 1. The normalized spacial score (nSPS) is 11.0. The minimum absolute atomic E-state index is 0.272. The lowest BCUT2D eigenvalue weighted by Crippen LogP contribution is -2.13. The van der Waals surface area contributed by atoms with Crippen molar-refractivity contribution in [3.05, 3.63) is 56.4 Å². The third-order valence-electron chi connectivity index (χ3n) is 3.55. The zero-order chi connectivity index (χ0) is 16.7. The van der Waals surface area contributed by atoms with Gasteiger partial charge in [-0.25, -0.2) is 0 Å². The number of hydrogen-bond donors (Lipinski definition) is 2. The molecule has 0 saturated heterocycles. The molecular weight excluding hydrogens is 351 g/mol. The molecule has 0 bridgehead atoms. The standard InChI is InChI=1S/C17H14Cl2N2OS/c1-8-5-9(2)15(12(20)6-8)21-17(22)16-14(19)11-4-3-10(18)7-13(11)23-16/h3-7H,20H2,1-2H3,(H,21,22). The van der Waals surface area contributed by atoms with Crippen molar-refractivity contribution in [1.82, 2.24) is 0 Å². The van der Waals surface area contributed by atoms with Crippen LogP contribution in [0.5, 0.6) is 0 Å². The fourth-order valence-corrected chi connectivity index (χ4v) is 4.21. The highest BCUT2D eigenvalue weighted by Crippen LogP contribution is 2.37. The zero-order valence-electron chi connectivity index (χ0n) is 12.5. The van der Waals surface area contributed by atoms with Gasteiger partial charge in [-0.15, -0.1) is 11.3 Å². The summed E-state index contributed by atoms with van der Waals surface area (Å²) in [6, 6.07) is 9.17. The van der Waals surface area contributed by atoms with E-state index >= 15 is 0 Å². The van der Waals surface area contributed by atoms with E-state index in [9.17, 15) is 4.79 Å². The van der Waals surface area contributed by atoms with Crippen molar-refractivity contribution < 1.29 is 4.79 Å². The number of fused-ring (bicyclic) bond motifs is 1. The highest BCUT2D eigenvalue weighted by molar-refractivity contribution is 7.21. The maximum atomic E-state index is 12.6. The number of hydrogen-bond acceptors (Lipinski definition) is 3. The Bertz CT molecular complexity index is 911. The summed E-state index contributed by atoms with van der Waals surface area (Å²) >= 11 is 13.7. The number of aryl methyl sites for hydroxylation is 2. The molecule has 0 unspecified atom stereocenters. The molecule has 2 aromatic carbocycles. The fraction of sp³-hybridized carbons (Fsp3) is 0.118. The third kappa shape index (κ3) is 3.02. The maximum absolute atomic E-state index is 12.6. The summed E-state index contributed by atoms with van der Waals surface area (Å²) < 4.78 is 0.876. The van der Waals surface area contributed by atoms with Gasteiger partial charge in [-0.2, -0.15) is 0 Å². The second kappa shape index (κ2) is 6.04. The molecule has 1 amide bonds. The summed E-state index contributed by atoms with van der Waals surface area (Å²) in [5.41, 5.74) is 9.14. The van der Waals surface area contributed by atoms with Crippen LogP contribution in [-0.2, 0) is 0 Å². The molecule has 1 aromatic heterocycles. The van der Waals surface area contributed by atoms with Gasteiger partial charge in [0.05, 0.1) is 16.4 Å². The van der Waals surface area contributed by atoms with Gasteiger partial charge in [-0.05, 0) is 43.2 Å². The SMILES string of the molecule is Cc1cc(C)c(NC(=O)c2sc3cc(Cl)ccc3c2Cl)c(N)c1. The number of nitrogens with one attached hydrogen (secondary N) is 1. The first-order chi connectivity index (χ1) is 10.9. The molecule has 0 atom stereocenters. The maximum Gasteiger partial charge on any atom is 0.267 e. The Kier molecular flexibility index (Phi) is 4.23. The van der Waals surface area contributed by atoms with Crippen LogP contribution < -0.4 is 11.1 Å². The molecule has 0 aliphatic carbocycles. The lowest BCUT2D eigenvalue weighted by atomic mass is 10.1. The van der Waals surface area contributed by atoms with Crippen LogP contribution in [0.25, 0.3) is 10.1 Å². The van der Waals surface area contributed by atoms with Gasteiger partial charge in [0.1, 0.15) is 4.88 Å². The number of rotatable bonds is 2. The average Bonchev–Trinajstić information content (AvgIpc) is 2.79. The van der Waals surface area contributed by atoms with Gasteiger partial charge in [-0.3, -0.25) is 4.79 Å². The molecule has 23 heavy (non-hydrogen) atoms. The summed E-state index contributed by atoms with van der Waals surface area (Å²) in [7, 11) is 0. The highest BCUT2D eigenvalue weighted by atomic mass is 35.5. The fourth-order valence-electron chi connectivity index (χ4n) is 2.53. The molecule has 3 N–H and O–H groups in total. The molecule has 0 aliphatic rings. The molecule has 0 spiro atoms. The quantitative estimate of drug-likeness (QED) is 0.576. The van der Waals surface area contributed by atoms with E-state index in [4.69, 9.17) is 28.9 Å². The molecule has 1 heterocycles. The predicted octanol–water partition coefficient (Wildman–Crippen LogP) is 5.66. The van der Waals surface area contributed by atoms with Gasteiger partial charge in [0.25, 0.3) is 5.91 Å². The van der Waals surface area contributed by atoms with Crippen LogP contribution in [-0.4, -0.2) is 5.91 Å². The van der Waals surface area contributed by atoms with E-state index in [1.54, 1.807) is 12.1 Å². The van der Waals surface area contributed by atoms with Crippen molar-refractivity contribution in [3.8, 4) is 0 Å². The minimum atomic E-state index is -0.272. The van der Waals surface area contributed by atoms with Crippen molar-refractivity contribution in [2.75, 3.05) is 11.1 Å². The average molecular weight is 365 g/mol. The first-order valence-electron chi connectivity index (χ1n) is 6.92. The second-order valence-corrected chi connectivity index (χ2v) is 7.25. The van der Waals surface area contributed by atoms with E-state index in [0.29, 0.717) is 26.3 Å². The summed E-state index contributed by atoms with van der Waals surface area (Å²) in [6.07, 6.45) is 0. The van der Waals surface area contributed by atoms with Crippen molar-refractivity contribution in [2.24, 2.45) is 0 Å². The Hall–Kier alpha value is -1.75. The van der Waals surface area contributed by atoms with Gasteiger partial charge in [0.15, 0.2) is 0 Å². The van der Waals surface area contributed by atoms with Crippen molar-refractivity contribution in [3.63, 3.8) is 0 Å². The first kappa shape index (κ1) is 16.1. The van der Waals surface area contributed by atoms with Crippen molar-refractivity contribution in [2.45, 2.75) is 13.8 Å². The largest absolute Gasteiger partial charge is 0.397 e. The Morgan fingerprint density at radius 2 is 1.91 bits per heavy atom. The molecule has 0 saturated carbocycles. The molecule has 0 aliphatic heterocycles. The van der Waals surface area contributed by atoms with Crippen LogP contribution in [0.3, 0.4) is 0 Å². The molecule has 3 nitrogen and oxygen atoms in total. The number of nitrogen functional groups attached to an aromatic ring is 1. The lowest BCUT2D eigenvalue weighted by Gasteiger charge is -2.12. The van der Waals surface area contributed by atoms with Crippen LogP contribution in [0.4, 0.5) is 11.4 Å². The molecule has 0 fully saturated rings.